The number of carbonyl (C=O) groups excluding carboxylic acids is 1. The van der Waals surface area contributed by atoms with E-state index in [0.717, 1.165) is 19.4 Å². The van der Waals surface area contributed by atoms with Crippen molar-refractivity contribution in [2.45, 2.75) is 38.5 Å². The number of hydrogen-bond donors (Lipinski definition) is 0. The zero-order chi connectivity index (χ0) is 13.5. The Morgan fingerprint density at radius 3 is 2.67 bits per heavy atom. The second-order valence-corrected chi connectivity index (χ2v) is 5.56. The van der Waals surface area contributed by atoms with Gasteiger partial charge in [-0.3, -0.25) is 4.79 Å². The van der Waals surface area contributed by atoms with E-state index in [0.29, 0.717) is 6.42 Å². The first-order valence-corrected chi connectivity index (χ1v) is 6.87. The van der Waals surface area contributed by atoms with Gasteiger partial charge in [0.2, 0.25) is 5.91 Å². The first-order chi connectivity index (χ1) is 8.50. The molecule has 0 N–H and O–H groups in total. The van der Waals surface area contributed by atoms with Crippen LogP contribution in [0.5, 0.6) is 0 Å². The lowest BCUT2D eigenvalue weighted by molar-refractivity contribution is -0.129. The number of carbonyl (C=O) groups is 1. The molecule has 0 spiro atoms. The zero-order valence-corrected chi connectivity index (χ0v) is 12.2. The lowest BCUT2D eigenvalue weighted by atomic mass is 10.0. The highest BCUT2D eigenvalue weighted by Crippen LogP contribution is 2.10. The Morgan fingerprint density at radius 1 is 1.39 bits per heavy atom. The summed E-state index contributed by atoms with van der Waals surface area (Å²) in [5.74, 6) is 0.190. The van der Waals surface area contributed by atoms with Crippen LogP contribution in [0.15, 0.2) is 24.3 Å². The van der Waals surface area contributed by atoms with E-state index < -0.39 is 0 Å². The Morgan fingerprint density at radius 2 is 2.06 bits per heavy atom. The highest BCUT2D eigenvalue weighted by molar-refractivity contribution is 6.20. The number of rotatable bonds is 6. The van der Waals surface area contributed by atoms with E-state index in [1.165, 1.54) is 11.1 Å². The molecule has 0 aromatic heterocycles. The molecule has 1 aromatic carbocycles. The van der Waals surface area contributed by atoms with Crippen molar-refractivity contribution < 1.29 is 4.79 Å². The molecule has 0 radical (unpaired) electrons. The third-order valence-corrected chi connectivity index (χ3v) is 3.38. The molecule has 0 fully saturated rings. The van der Waals surface area contributed by atoms with Gasteiger partial charge in [-0.15, -0.1) is 11.6 Å². The van der Waals surface area contributed by atoms with Gasteiger partial charge in [0.05, 0.1) is 0 Å². The highest BCUT2D eigenvalue weighted by Gasteiger charge is 2.10. The fraction of sp³-hybridized carbons (Fsp3) is 0.533. The van der Waals surface area contributed by atoms with Crippen molar-refractivity contribution in [3.63, 3.8) is 0 Å². The first kappa shape index (κ1) is 15.0. The molecule has 0 aliphatic heterocycles. The predicted molar refractivity (Wildman–Crippen MR) is 77.1 cm³/mol. The normalized spacial score (nSPS) is 12.2. The van der Waals surface area contributed by atoms with Gasteiger partial charge in [0.1, 0.15) is 0 Å². The lowest BCUT2D eigenvalue weighted by Crippen LogP contribution is -2.29. The summed E-state index contributed by atoms with van der Waals surface area (Å²) < 4.78 is 0. The molecular formula is C15H22ClNO. The fourth-order valence-corrected chi connectivity index (χ4v) is 1.92. The third-order valence-electron chi connectivity index (χ3n) is 3.16. The molecule has 1 atom stereocenters. The first-order valence-electron chi connectivity index (χ1n) is 6.43. The van der Waals surface area contributed by atoms with Crippen molar-refractivity contribution in [3.8, 4) is 0 Å². The number of benzene rings is 1. The monoisotopic (exact) mass is 267 g/mol. The number of hydrogen-bond acceptors (Lipinski definition) is 1. The number of amides is 1. The van der Waals surface area contributed by atoms with Crippen LogP contribution in [0.25, 0.3) is 0 Å². The molecule has 1 unspecified atom stereocenters. The van der Waals surface area contributed by atoms with Crippen LogP contribution in [-0.4, -0.2) is 29.8 Å². The van der Waals surface area contributed by atoms with Crippen LogP contribution in [0.4, 0.5) is 0 Å². The summed E-state index contributed by atoms with van der Waals surface area (Å²) >= 11 is 5.88. The van der Waals surface area contributed by atoms with Crippen LogP contribution in [0, 0.1) is 6.92 Å². The summed E-state index contributed by atoms with van der Waals surface area (Å²) in [5.41, 5.74) is 2.51. The van der Waals surface area contributed by atoms with Crippen molar-refractivity contribution >= 4 is 17.5 Å². The summed E-state index contributed by atoms with van der Waals surface area (Å²) in [6.07, 6.45) is 2.22. The van der Waals surface area contributed by atoms with Crippen molar-refractivity contribution in [3.05, 3.63) is 35.4 Å². The quantitative estimate of drug-likeness (QED) is 0.724. The maximum Gasteiger partial charge on any atom is 0.222 e. The SMILES string of the molecule is Cc1ccccc1CCC(=O)N(C)CCC(C)Cl. The number of aryl methyl sites for hydroxylation is 2. The molecule has 1 aromatic rings. The van der Waals surface area contributed by atoms with Gasteiger partial charge in [-0.1, -0.05) is 24.3 Å². The minimum atomic E-state index is 0.122. The van der Waals surface area contributed by atoms with E-state index in [-0.39, 0.29) is 11.3 Å². The smallest absolute Gasteiger partial charge is 0.222 e. The maximum atomic E-state index is 11.9. The van der Waals surface area contributed by atoms with Gasteiger partial charge in [0, 0.05) is 25.4 Å². The maximum absolute atomic E-state index is 11.9. The topological polar surface area (TPSA) is 20.3 Å². The van der Waals surface area contributed by atoms with Gasteiger partial charge in [-0.2, -0.15) is 0 Å². The van der Waals surface area contributed by atoms with E-state index in [1.54, 1.807) is 4.90 Å². The van der Waals surface area contributed by atoms with Crippen LogP contribution >= 0.6 is 11.6 Å². The molecule has 0 aliphatic rings. The van der Waals surface area contributed by atoms with Crippen LogP contribution in [0.1, 0.15) is 30.9 Å². The Labute approximate surface area is 115 Å². The van der Waals surface area contributed by atoms with E-state index in [2.05, 4.69) is 19.1 Å². The molecule has 18 heavy (non-hydrogen) atoms. The highest BCUT2D eigenvalue weighted by atomic mass is 35.5. The van der Waals surface area contributed by atoms with Gasteiger partial charge < -0.3 is 4.90 Å². The largest absolute Gasteiger partial charge is 0.346 e. The minimum Gasteiger partial charge on any atom is -0.346 e. The van der Waals surface area contributed by atoms with E-state index >= 15 is 0 Å². The van der Waals surface area contributed by atoms with Gasteiger partial charge in [0.15, 0.2) is 0 Å². The predicted octanol–water partition coefficient (Wildman–Crippen LogP) is 3.40. The molecule has 3 heteroatoms. The summed E-state index contributed by atoms with van der Waals surface area (Å²) in [6.45, 7) is 4.77. The Bertz CT molecular complexity index is 390. The average molecular weight is 268 g/mol. The Balaban J connectivity index is 2.39. The van der Waals surface area contributed by atoms with Crippen molar-refractivity contribution in [2.24, 2.45) is 0 Å². The molecule has 100 valence electrons. The number of halogens is 1. The summed E-state index contributed by atoms with van der Waals surface area (Å²) in [7, 11) is 1.85. The van der Waals surface area contributed by atoms with Crippen LogP contribution < -0.4 is 0 Å². The molecule has 0 saturated carbocycles. The second-order valence-electron chi connectivity index (χ2n) is 4.81. The third kappa shape index (κ3) is 5.09. The van der Waals surface area contributed by atoms with Gasteiger partial charge >= 0.3 is 0 Å². The lowest BCUT2D eigenvalue weighted by Gasteiger charge is -2.18. The minimum absolute atomic E-state index is 0.122. The number of alkyl halides is 1. The van der Waals surface area contributed by atoms with Crippen LogP contribution in [-0.2, 0) is 11.2 Å². The second kappa shape index (κ2) is 7.42. The summed E-state index contributed by atoms with van der Waals surface area (Å²) in [4.78, 5) is 13.7. The van der Waals surface area contributed by atoms with Gasteiger partial charge in [-0.25, -0.2) is 0 Å². The molecule has 1 rings (SSSR count). The molecular weight excluding hydrogens is 246 g/mol. The Hall–Kier alpha value is -1.02. The molecule has 1 amide bonds. The average Bonchev–Trinajstić information content (AvgIpc) is 2.34. The van der Waals surface area contributed by atoms with Gasteiger partial charge in [-0.05, 0) is 37.8 Å². The van der Waals surface area contributed by atoms with Gasteiger partial charge in [0.25, 0.3) is 0 Å². The van der Waals surface area contributed by atoms with Crippen LogP contribution in [0.3, 0.4) is 0 Å². The molecule has 0 bridgehead atoms. The zero-order valence-electron chi connectivity index (χ0n) is 11.4. The fourth-order valence-electron chi connectivity index (χ4n) is 1.82. The molecule has 0 heterocycles. The van der Waals surface area contributed by atoms with E-state index in [1.807, 2.05) is 26.1 Å². The summed E-state index contributed by atoms with van der Waals surface area (Å²) in [6, 6.07) is 8.21. The molecule has 0 aliphatic carbocycles. The van der Waals surface area contributed by atoms with Crippen LogP contribution in [0.2, 0.25) is 0 Å². The summed E-state index contributed by atoms with van der Waals surface area (Å²) in [5, 5.41) is 0.122. The van der Waals surface area contributed by atoms with Crippen molar-refractivity contribution in [2.75, 3.05) is 13.6 Å². The van der Waals surface area contributed by atoms with E-state index in [4.69, 9.17) is 11.6 Å². The standard InChI is InChI=1S/C15H22ClNO/c1-12-6-4-5-7-14(12)8-9-15(18)17(3)11-10-13(2)16/h4-7,13H,8-11H2,1-3H3. The van der Waals surface area contributed by atoms with Crippen molar-refractivity contribution in [1.82, 2.24) is 4.90 Å². The van der Waals surface area contributed by atoms with E-state index in [9.17, 15) is 4.79 Å². The molecule has 0 saturated heterocycles. The number of nitrogens with zero attached hydrogens (tertiary/aromatic N) is 1. The molecule has 2 nitrogen and oxygen atoms in total. The van der Waals surface area contributed by atoms with Crippen molar-refractivity contribution in [1.29, 1.82) is 0 Å². The Kier molecular flexibility index (Phi) is 6.20.